The van der Waals surface area contributed by atoms with Crippen LogP contribution in [0, 0.1) is 5.82 Å². The number of rotatable bonds is 5. The molecule has 0 bridgehead atoms. The third-order valence-corrected chi connectivity index (χ3v) is 5.07. The first-order valence-corrected chi connectivity index (χ1v) is 9.81. The van der Waals surface area contributed by atoms with Crippen LogP contribution in [0.3, 0.4) is 0 Å². The van der Waals surface area contributed by atoms with E-state index in [1.54, 1.807) is 26.7 Å². The number of aryl methyl sites for hydroxylation is 1. The third-order valence-electron chi connectivity index (χ3n) is 5.07. The Kier molecular flexibility index (Phi) is 4.83. The molecule has 0 atom stereocenters. The van der Waals surface area contributed by atoms with Crippen LogP contribution in [0.1, 0.15) is 5.56 Å². The second kappa shape index (κ2) is 7.80. The second-order valence-electron chi connectivity index (χ2n) is 7.35. The van der Waals surface area contributed by atoms with Gasteiger partial charge in [0.25, 0.3) is 5.91 Å². The van der Waals surface area contributed by atoms with E-state index in [4.69, 9.17) is 4.74 Å². The van der Waals surface area contributed by atoms with Gasteiger partial charge in [0.15, 0.2) is 5.82 Å². The van der Waals surface area contributed by atoms with Gasteiger partial charge in [0.1, 0.15) is 18.2 Å². The molecular weight excluding hydrogens is 401 g/mol. The van der Waals surface area contributed by atoms with E-state index in [0.29, 0.717) is 42.6 Å². The fourth-order valence-corrected chi connectivity index (χ4v) is 3.62. The summed E-state index contributed by atoms with van der Waals surface area (Å²) in [5, 5.41) is 12.8. The molecule has 4 aromatic rings. The number of halogens is 1. The zero-order valence-electron chi connectivity index (χ0n) is 16.8. The highest BCUT2D eigenvalue weighted by molar-refractivity contribution is 5.95. The topological polar surface area (TPSA) is 90.1 Å². The lowest BCUT2D eigenvalue weighted by atomic mass is 10.1. The fourth-order valence-electron chi connectivity index (χ4n) is 3.62. The van der Waals surface area contributed by atoms with E-state index in [1.165, 1.54) is 12.1 Å². The van der Waals surface area contributed by atoms with Gasteiger partial charge in [0.2, 0.25) is 0 Å². The van der Waals surface area contributed by atoms with Crippen molar-refractivity contribution in [3.05, 3.63) is 60.3 Å². The van der Waals surface area contributed by atoms with Gasteiger partial charge in [0, 0.05) is 49.2 Å². The first-order valence-electron chi connectivity index (χ1n) is 9.81. The lowest BCUT2D eigenvalue weighted by Crippen LogP contribution is -2.41. The molecule has 1 fully saturated rings. The Labute approximate surface area is 177 Å². The summed E-state index contributed by atoms with van der Waals surface area (Å²) >= 11 is 0. The van der Waals surface area contributed by atoms with Gasteiger partial charge in [-0.2, -0.15) is 10.2 Å². The zero-order chi connectivity index (χ0) is 21.4. The summed E-state index contributed by atoms with van der Waals surface area (Å²) in [6.45, 7) is 1.19. The maximum Gasteiger partial charge on any atom is 0.253 e. The van der Waals surface area contributed by atoms with Gasteiger partial charge in [-0.05, 0) is 23.8 Å². The maximum absolute atomic E-state index is 14.3. The number of nitrogens with zero attached hydrogens (tertiary/aromatic N) is 6. The van der Waals surface area contributed by atoms with Crippen LogP contribution in [0.2, 0.25) is 0 Å². The summed E-state index contributed by atoms with van der Waals surface area (Å²) in [5.41, 5.74) is 2.08. The number of hydrogen-bond acceptors (Lipinski definition) is 6. The van der Waals surface area contributed by atoms with Gasteiger partial charge in [-0.15, -0.1) is 0 Å². The fraction of sp³-hybridized carbons (Fsp3) is 0.238. The maximum atomic E-state index is 14.3. The number of nitrogens with one attached hydrogen (secondary N) is 1. The van der Waals surface area contributed by atoms with Gasteiger partial charge < -0.3 is 15.0 Å². The SMILES string of the molecule is Cn1ccc(Nc2cc3c(cn2)cnn3Cc2cc(F)cc(N3CCOCC3=O)c2)n1. The third kappa shape index (κ3) is 3.97. The molecule has 1 amide bonds. The lowest BCUT2D eigenvalue weighted by Gasteiger charge is -2.27. The predicted molar refractivity (Wildman–Crippen MR) is 113 cm³/mol. The van der Waals surface area contributed by atoms with Crippen molar-refractivity contribution < 1.29 is 13.9 Å². The van der Waals surface area contributed by atoms with Gasteiger partial charge in [-0.1, -0.05) is 0 Å². The van der Waals surface area contributed by atoms with E-state index in [9.17, 15) is 9.18 Å². The summed E-state index contributed by atoms with van der Waals surface area (Å²) in [6, 6.07) is 8.37. The quantitative estimate of drug-likeness (QED) is 0.532. The molecule has 1 aliphatic heterocycles. The summed E-state index contributed by atoms with van der Waals surface area (Å²) in [4.78, 5) is 18.1. The van der Waals surface area contributed by atoms with Crippen molar-refractivity contribution in [1.29, 1.82) is 0 Å². The van der Waals surface area contributed by atoms with Crippen LogP contribution < -0.4 is 10.2 Å². The summed E-state index contributed by atoms with van der Waals surface area (Å²) in [5.74, 6) is 0.739. The summed E-state index contributed by atoms with van der Waals surface area (Å²) in [7, 11) is 1.84. The van der Waals surface area contributed by atoms with E-state index in [0.717, 1.165) is 10.9 Å². The van der Waals surface area contributed by atoms with Crippen LogP contribution in [-0.4, -0.2) is 50.2 Å². The average Bonchev–Trinajstić information content (AvgIpc) is 3.34. The predicted octanol–water partition coefficient (Wildman–Crippen LogP) is 2.46. The molecule has 5 rings (SSSR count). The van der Waals surface area contributed by atoms with Crippen LogP contribution in [0.15, 0.2) is 48.9 Å². The molecule has 31 heavy (non-hydrogen) atoms. The second-order valence-corrected chi connectivity index (χ2v) is 7.35. The summed E-state index contributed by atoms with van der Waals surface area (Å²) in [6.07, 6.45) is 5.29. The molecule has 9 nitrogen and oxygen atoms in total. The standard InChI is InChI=1S/C21H20FN7O2/c1-27-3-2-19(26-27)25-20-9-18-15(10-23-20)11-24-29(18)12-14-6-16(22)8-17(7-14)28-4-5-31-13-21(28)30/h2-3,6-11H,4-5,12-13H2,1H3,(H,23,25,26). The van der Waals surface area contributed by atoms with Gasteiger partial charge in [0.05, 0.1) is 24.9 Å². The number of carbonyl (C=O) groups excluding carboxylic acids is 1. The molecule has 1 aromatic carbocycles. The molecule has 1 saturated heterocycles. The highest BCUT2D eigenvalue weighted by atomic mass is 19.1. The number of fused-ring (bicyclic) bond motifs is 1. The van der Waals surface area contributed by atoms with E-state index >= 15 is 0 Å². The molecule has 0 radical (unpaired) electrons. The number of carbonyl (C=O) groups is 1. The van der Waals surface area contributed by atoms with Crippen molar-refractivity contribution in [2.24, 2.45) is 7.05 Å². The number of pyridine rings is 1. The van der Waals surface area contributed by atoms with E-state index in [1.807, 2.05) is 31.4 Å². The number of anilines is 3. The Morgan fingerprint density at radius 1 is 1.19 bits per heavy atom. The molecule has 4 heterocycles. The van der Waals surface area contributed by atoms with Crippen molar-refractivity contribution in [3.63, 3.8) is 0 Å². The Bertz CT molecular complexity index is 1270. The lowest BCUT2D eigenvalue weighted by molar-refractivity contribution is -0.125. The minimum Gasteiger partial charge on any atom is -0.370 e. The minimum atomic E-state index is -0.401. The molecule has 158 valence electrons. The largest absolute Gasteiger partial charge is 0.370 e. The first-order chi connectivity index (χ1) is 15.0. The number of aromatic nitrogens is 5. The molecule has 10 heteroatoms. The molecule has 0 spiro atoms. The zero-order valence-corrected chi connectivity index (χ0v) is 16.8. The summed E-state index contributed by atoms with van der Waals surface area (Å²) < 4.78 is 23.0. The Hall–Kier alpha value is -3.79. The van der Waals surface area contributed by atoms with Crippen LogP contribution in [-0.2, 0) is 23.1 Å². The number of amides is 1. The number of morpholine rings is 1. The van der Waals surface area contributed by atoms with E-state index in [-0.39, 0.29) is 12.5 Å². The number of benzene rings is 1. The molecule has 0 unspecified atom stereocenters. The normalized spacial score (nSPS) is 14.4. The van der Waals surface area contributed by atoms with E-state index < -0.39 is 5.82 Å². The van der Waals surface area contributed by atoms with Crippen molar-refractivity contribution in [2.45, 2.75) is 6.54 Å². The van der Waals surface area contributed by atoms with Crippen LogP contribution in [0.25, 0.3) is 10.9 Å². The Balaban J connectivity index is 1.43. The molecule has 1 aliphatic rings. The first kappa shape index (κ1) is 19.2. The van der Waals surface area contributed by atoms with Crippen LogP contribution in [0.5, 0.6) is 0 Å². The number of ether oxygens (including phenoxy) is 1. The molecular formula is C21H20FN7O2. The van der Waals surface area contributed by atoms with Crippen LogP contribution in [0.4, 0.5) is 21.7 Å². The smallest absolute Gasteiger partial charge is 0.253 e. The average molecular weight is 421 g/mol. The van der Waals surface area contributed by atoms with Crippen molar-refractivity contribution in [2.75, 3.05) is 30.0 Å². The monoisotopic (exact) mass is 421 g/mol. The van der Waals surface area contributed by atoms with Gasteiger partial charge >= 0.3 is 0 Å². The van der Waals surface area contributed by atoms with Crippen molar-refractivity contribution in [3.8, 4) is 0 Å². The minimum absolute atomic E-state index is 0.00862. The Morgan fingerprint density at radius 2 is 2.10 bits per heavy atom. The van der Waals surface area contributed by atoms with Gasteiger partial charge in [-0.25, -0.2) is 9.37 Å². The molecule has 0 saturated carbocycles. The molecule has 3 aromatic heterocycles. The van der Waals surface area contributed by atoms with Crippen molar-refractivity contribution >= 4 is 34.1 Å². The van der Waals surface area contributed by atoms with Crippen molar-refractivity contribution in [1.82, 2.24) is 24.5 Å². The number of hydrogen-bond donors (Lipinski definition) is 1. The highest BCUT2D eigenvalue weighted by Gasteiger charge is 2.21. The van der Waals surface area contributed by atoms with Crippen LogP contribution >= 0.6 is 0 Å². The molecule has 1 N–H and O–H groups in total. The molecule has 0 aliphatic carbocycles. The van der Waals surface area contributed by atoms with E-state index in [2.05, 4.69) is 20.5 Å². The Morgan fingerprint density at radius 3 is 2.90 bits per heavy atom. The van der Waals surface area contributed by atoms with Gasteiger partial charge in [-0.3, -0.25) is 14.2 Å². The highest BCUT2D eigenvalue weighted by Crippen LogP contribution is 2.23.